The minimum absolute atomic E-state index is 0.0891. The van der Waals surface area contributed by atoms with Crippen LogP contribution in [-0.4, -0.2) is 16.8 Å². The molecule has 3 aromatic rings. The first kappa shape index (κ1) is 17.9. The van der Waals surface area contributed by atoms with Gasteiger partial charge in [0.25, 0.3) is 5.91 Å². The first-order valence-corrected chi connectivity index (χ1v) is 8.98. The van der Waals surface area contributed by atoms with Crippen LogP contribution in [0, 0.1) is 5.82 Å². The van der Waals surface area contributed by atoms with Gasteiger partial charge in [0.1, 0.15) is 5.82 Å². The molecule has 1 aromatic heterocycles. The second kappa shape index (κ2) is 7.60. The van der Waals surface area contributed by atoms with Crippen molar-refractivity contribution in [3.63, 3.8) is 0 Å². The monoisotopic (exact) mass is 375 g/mol. The largest absolute Gasteiger partial charge is 0.352 e. The van der Waals surface area contributed by atoms with Crippen LogP contribution in [0.25, 0.3) is 0 Å². The van der Waals surface area contributed by atoms with Gasteiger partial charge in [-0.05, 0) is 42.0 Å². The number of nitrogens with zero attached hydrogens (tertiary/aromatic N) is 2. The molecule has 2 aromatic carbocycles. The van der Waals surface area contributed by atoms with E-state index in [1.54, 1.807) is 35.4 Å². The Morgan fingerprint density at radius 2 is 1.79 bits per heavy atom. The molecule has 28 heavy (non-hydrogen) atoms. The normalized spacial score (nSPS) is 15.4. The Kier molecular flexibility index (Phi) is 4.85. The van der Waals surface area contributed by atoms with E-state index >= 15 is 0 Å². The molecule has 1 N–H and O–H groups in total. The summed E-state index contributed by atoms with van der Waals surface area (Å²) < 4.78 is 13.0. The van der Waals surface area contributed by atoms with Gasteiger partial charge in [0, 0.05) is 18.4 Å². The number of hydrogen-bond donors (Lipinski definition) is 1. The highest BCUT2D eigenvalue weighted by atomic mass is 19.1. The van der Waals surface area contributed by atoms with E-state index in [1.807, 2.05) is 30.3 Å². The zero-order valence-electron chi connectivity index (χ0n) is 15.0. The molecule has 140 valence electrons. The van der Waals surface area contributed by atoms with Gasteiger partial charge in [-0.1, -0.05) is 30.3 Å². The number of para-hydroxylation sites is 1. The highest BCUT2D eigenvalue weighted by molar-refractivity contribution is 6.11. The van der Waals surface area contributed by atoms with Crippen molar-refractivity contribution in [1.29, 1.82) is 0 Å². The van der Waals surface area contributed by atoms with Crippen LogP contribution in [0.1, 0.15) is 34.1 Å². The lowest BCUT2D eigenvalue weighted by Crippen LogP contribution is -2.32. The maximum Gasteiger partial charge on any atom is 0.260 e. The molecule has 1 aliphatic rings. The van der Waals surface area contributed by atoms with Crippen LogP contribution in [0.4, 0.5) is 10.1 Å². The summed E-state index contributed by atoms with van der Waals surface area (Å²) in [5.74, 6) is -0.687. The number of carbonyl (C=O) groups excluding carboxylic acids is 2. The third-order valence-electron chi connectivity index (χ3n) is 4.73. The Labute approximate surface area is 161 Å². The molecule has 6 heteroatoms. The molecule has 0 fully saturated rings. The van der Waals surface area contributed by atoms with Crippen LogP contribution in [0.15, 0.2) is 72.9 Å². The van der Waals surface area contributed by atoms with Crippen molar-refractivity contribution in [2.45, 2.75) is 19.0 Å². The van der Waals surface area contributed by atoms with Gasteiger partial charge < -0.3 is 5.32 Å². The van der Waals surface area contributed by atoms with Crippen LogP contribution in [0.2, 0.25) is 0 Å². The third-order valence-corrected chi connectivity index (χ3v) is 4.73. The molecule has 1 atom stereocenters. The number of nitrogens with one attached hydrogen (secondary N) is 1. The molecule has 0 radical (unpaired) electrons. The van der Waals surface area contributed by atoms with Gasteiger partial charge in [-0.15, -0.1) is 0 Å². The van der Waals surface area contributed by atoms with Gasteiger partial charge in [0.05, 0.1) is 23.7 Å². The van der Waals surface area contributed by atoms with Crippen molar-refractivity contribution in [3.8, 4) is 0 Å². The summed E-state index contributed by atoms with van der Waals surface area (Å²) in [7, 11) is 0. The Bertz CT molecular complexity index is 1010. The molecule has 0 spiro atoms. The molecule has 0 saturated heterocycles. The Morgan fingerprint density at radius 3 is 2.54 bits per heavy atom. The van der Waals surface area contributed by atoms with Gasteiger partial charge in [0.15, 0.2) is 0 Å². The van der Waals surface area contributed by atoms with E-state index in [2.05, 4.69) is 10.3 Å². The predicted octanol–water partition coefficient (Wildman–Crippen LogP) is 3.63. The number of benzene rings is 2. The molecular weight excluding hydrogens is 357 g/mol. The standard InChI is InChI=1S/C22H18FN3O2/c23-16-10-8-15(9-11-16)14-25-20(27)13-19-21-18(7-4-12-24-21)22(28)26(19)17-5-2-1-3-6-17/h1-12,19H,13-14H2,(H,25,27). The zero-order chi connectivity index (χ0) is 19.5. The fraction of sp³-hybridized carbons (Fsp3) is 0.136. The molecule has 0 saturated carbocycles. The van der Waals surface area contributed by atoms with Gasteiger partial charge in [-0.2, -0.15) is 0 Å². The number of hydrogen-bond acceptors (Lipinski definition) is 3. The summed E-state index contributed by atoms with van der Waals surface area (Å²) in [5.41, 5.74) is 2.65. The van der Waals surface area contributed by atoms with Gasteiger partial charge in [0.2, 0.25) is 5.91 Å². The summed E-state index contributed by atoms with van der Waals surface area (Å²) in [6.07, 6.45) is 1.72. The smallest absolute Gasteiger partial charge is 0.260 e. The van der Waals surface area contributed by atoms with Gasteiger partial charge in [-0.3, -0.25) is 19.5 Å². The fourth-order valence-electron chi connectivity index (χ4n) is 3.38. The highest BCUT2D eigenvalue weighted by Gasteiger charge is 2.39. The molecule has 0 bridgehead atoms. The topological polar surface area (TPSA) is 62.3 Å². The summed E-state index contributed by atoms with van der Waals surface area (Å²) in [4.78, 5) is 31.5. The molecule has 5 nitrogen and oxygen atoms in total. The lowest BCUT2D eigenvalue weighted by Gasteiger charge is -2.24. The lowest BCUT2D eigenvalue weighted by molar-refractivity contribution is -0.121. The van der Waals surface area contributed by atoms with Crippen molar-refractivity contribution in [2.24, 2.45) is 0 Å². The van der Waals surface area contributed by atoms with E-state index in [0.29, 0.717) is 17.8 Å². The highest BCUT2D eigenvalue weighted by Crippen LogP contribution is 2.38. The van der Waals surface area contributed by atoms with Crippen LogP contribution >= 0.6 is 0 Å². The second-order valence-electron chi connectivity index (χ2n) is 6.57. The first-order chi connectivity index (χ1) is 13.6. The van der Waals surface area contributed by atoms with Crippen molar-refractivity contribution >= 4 is 17.5 Å². The number of halogens is 1. The summed E-state index contributed by atoms with van der Waals surface area (Å²) in [6, 6.07) is 18.2. The number of amides is 2. The average molecular weight is 375 g/mol. The van der Waals surface area contributed by atoms with Crippen LogP contribution in [0.3, 0.4) is 0 Å². The molecule has 4 rings (SSSR count). The summed E-state index contributed by atoms with van der Waals surface area (Å²) in [6.45, 7) is 0.292. The Balaban J connectivity index is 1.54. The molecule has 2 heterocycles. The molecule has 0 aliphatic carbocycles. The van der Waals surface area contributed by atoms with Crippen LogP contribution in [0.5, 0.6) is 0 Å². The predicted molar refractivity (Wildman–Crippen MR) is 103 cm³/mol. The molecule has 1 unspecified atom stereocenters. The number of rotatable bonds is 5. The minimum Gasteiger partial charge on any atom is -0.352 e. The van der Waals surface area contributed by atoms with Crippen molar-refractivity contribution in [1.82, 2.24) is 10.3 Å². The second-order valence-corrected chi connectivity index (χ2v) is 6.57. The molecular formula is C22H18FN3O2. The average Bonchev–Trinajstić information content (AvgIpc) is 3.00. The van der Waals surface area contributed by atoms with E-state index in [9.17, 15) is 14.0 Å². The minimum atomic E-state index is -0.473. The maximum atomic E-state index is 13.0. The van der Waals surface area contributed by atoms with E-state index < -0.39 is 6.04 Å². The SMILES string of the molecule is O=C(CC1c2ncccc2C(=O)N1c1ccccc1)NCc1ccc(F)cc1. The molecule has 2 amide bonds. The third kappa shape index (κ3) is 3.49. The van der Waals surface area contributed by atoms with E-state index in [1.165, 1.54) is 12.1 Å². The lowest BCUT2D eigenvalue weighted by atomic mass is 10.1. The first-order valence-electron chi connectivity index (χ1n) is 8.98. The quantitative estimate of drug-likeness (QED) is 0.741. The number of fused-ring (bicyclic) bond motifs is 1. The van der Waals surface area contributed by atoms with Crippen molar-refractivity contribution in [2.75, 3.05) is 4.90 Å². The number of aromatic nitrogens is 1. The maximum absolute atomic E-state index is 13.0. The van der Waals surface area contributed by atoms with Crippen LogP contribution in [-0.2, 0) is 11.3 Å². The van der Waals surface area contributed by atoms with Crippen LogP contribution < -0.4 is 10.2 Å². The Hall–Kier alpha value is -3.54. The van der Waals surface area contributed by atoms with Crippen molar-refractivity contribution < 1.29 is 14.0 Å². The molecule has 1 aliphatic heterocycles. The van der Waals surface area contributed by atoms with E-state index in [0.717, 1.165) is 11.3 Å². The summed E-state index contributed by atoms with van der Waals surface area (Å²) in [5, 5.41) is 2.84. The van der Waals surface area contributed by atoms with E-state index in [-0.39, 0.29) is 24.1 Å². The van der Waals surface area contributed by atoms with Gasteiger partial charge >= 0.3 is 0 Å². The number of carbonyl (C=O) groups is 2. The Morgan fingerprint density at radius 1 is 1.04 bits per heavy atom. The number of pyridine rings is 1. The van der Waals surface area contributed by atoms with Crippen molar-refractivity contribution in [3.05, 3.63) is 95.6 Å². The number of anilines is 1. The fourth-order valence-corrected chi connectivity index (χ4v) is 3.38. The zero-order valence-corrected chi connectivity index (χ0v) is 15.0. The summed E-state index contributed by atoms with van der Waals surface area (Å²) >= 11 is 0. The van der Waals surface area contributed by atoms with E-state index in [4.69, 9.17) is 0 Å². The van der Waals surface area contributed by atoms with Gasteiger partial charge in [-0.25, -0.2) is 4.39 Å².